The third kappa shape index (κ3) is 1.96. The molecule has 1 unspecified atom stereocenters. The molecule has 1 N–H and O–H groups in total. The zero-order valence-corrected chi connectivity index (χ0v) is 9.35. The molecule has 2 aliphatic rings. The molecule has 2 heteroatoms. The Balaban J connectivity index is 2.02. The molecule has 0 aromatic carbocycles. The molecular weight excluding hydrogens is 174 g/mol. The fourth-order valence-corrected chi connectivity index (χ4v) is 3.38. The van der Waals surface area contributed by atoms with Crippen LogP contribution in [0, 0.1) is 11.3 Å². The van der Waals surface area contributed by atoms with Crippen LogP contribution in [0.3, 0.4) is 0 Å². The summed E-state index contributed by atoms with van der Waals surface area (Å²) in [6.07, 6.45) is 8.37. The summed E-state index contributed by atoms with van der Waals surface area (Å²) in [6.45, 7) is 3.21. The summed E-state index contributed by atoms with van der Waals surface area (Å²) >= 11 is 0. The molecule has 1 saturated carbocycles. The highest BCUT2D eigenvalue weighted by atomic mass is 16.5. The summed E-state index contributed by atoms with van der Waals surface area (Å²) < 4.78 is 5.50. The van der Waals surface area contributed by atoms with Gasteiger partial charge in [-0.3, -0.25) is 0 Å². The molecule has 1 aliphatic heterocycles. The molecule has 2 rings (SSSR count). The topological polar surface area (TPSA) is 21.3 Å². The molecular formula is C12H23NO. The lowest BCUT2D eigenvalue weighted by Gasteiger charge is -2.46. The number of hydrogen-bond donors (Lipinski definition) is 1. The largest absolute Gasteiger partial charge is 0.381 e. The Labute approximate surface area is 87.4 Å². The quantitative estimate of drug-likeness (QED) is 0.732. The molecule has 0 aromatic heterocycles. The predicted octanol–water partition coefficient (Wildman–Crippen LogP) is 2.19. The maximum absolute atomic E-state index is 5.50. The van der Waals surface area contributed by atoms with Crippen molar-refractivity contribution in [3.8, 4) is 0 Å². The van der Waals surface area contributed by atoms with Gasteiger partial charge in [-0.05, 0) is 50.6 Å². The normalized spacial score (nSPS) is 31.9. The van der Waals surface area contributed by atoms with Gasteiger partial charge in [0, 0.05) is 13.2 Å². The summed E-state index contributed by atoms with van der Waals surface area (Å²) in [5.41, 5.74) is 0.638. The number of nitrogens with one attached hydrogen (secondary N) is 1. The lowest BCUT2D eigenvalue weighted by atomic mass is 9.62. The molecule has 2 fully saturated rings. The zero-order valence-electron chi connectivity index (χ0n) is 9.35. The SMILES string of the molecule is CNCC1CCCCC12CCOCC2. The third-order valence-electron chi connectivity index (χ3n) is 4.28. The van der Waals surface area contributed by atoms with Crippen molar-refractivity contribution in [2.45, 2.75) is 38.5 Å². The Kier molecular flexibility index (Phi) is 3.45. The minimum absolute atomic E-state index is 0.638. The first-order chi connectivity index (χ1) is 6.87. The Morgan fingerprint density at radius 2 is 2.00 bits per heavy atom. The number of hydrogen-bond acceptors (Lipinski definition) is 2. The highest BCUT2D eigenvalue weighted by Gasteiger charge is 2.40. The van der Waals surface area contributed by atoms with Crippen LogP contribution in [-0.2, 0) is 4.74 Å². The monoisotopic (exact) mass is 197 g/mol. The Bertz CT molecular complexity index is 165. The molecule has 1 atom stereocenters. The van der Waals surface area contributed by atoms with Crippen molar-refractivity contribution in [3.05, 3.63) is 0 Å². The van der Waals surface area contributed by atoms with Crippen molar-refractivity contribution in [2.24, 2.45) is 11.3 Å². The van der Waals surface area contributed by atoms with E-state index in [1.54, 1.807) is 0 Å². The highest BCUT2D eigenvalue weighted by molar-refractivity contribution is 4.91. The van der Waals surface area contributed by atoms with Gasteiger partial charge in [-0.25, -0.2) is 0 Å². The lowest BCUT2D eigenvalue weighted by molar-refractivity contribution is -0.0386. The maximum Gasteiger partial charge on any atom is 0.0471 e. The summed E-state index contributed by atoms with van der Waals surface area (Å²) in [7, 11) is 2.08. The molecule has 0 aromatic rings. The second-order valence-electron chi connectivity index (χ2n) is 4.98. The van der Waals surface area contributed by atoms with Crippen LogP contribution < -0.4 is 5.32 Å². The molecule has 1 heterocycles. The van der Waals surface area contributed by atoms with Crippen molar-refractivity contribution in [2.75, 3.05) is 26.8 Å². The van der Waals surface area contributed by atoms with E-state index >= 15 is 0 Å². The standard InChI is InChI=1S/C12H23NO/c1-13-10-11-4-2-3-5-12(11)6-8-14-9-7-12/h11,13H,2-10H2,1H3. The van der Waals surface area contributed by atoms with E-state index in [2.05, 4.69) is 12.4 Å². The van der Waals surface area contributed by atoms with Gasteiger partial charge in [-0.2, -0.15) is 0 Å². The Morgan fingerprint density at radius 1 is 1.21 bits per heavy atom. The fraction of sp³-hybridized carbons (Fsp3) is 1.00. The van der Waals surface area contributed by atoms with E-state index in [9.17, 15) is 0 Å². The first-order valence-electron chi connectivity index (χ1n) is 6.10. The molecule has 1 spiro atoms. The van der Waals surface area contributed by atoms with Crippen LogP contribution in [0.4, 0.5) is 0 Å². The van der Waals surface area contributed by atoms with Gasteiger partial charge < -0.3 is 10.1 Å². The van der Waals surface area contributed by atoms with Crippen molar-refractivity contribution < 1.29 is 4.74 Å². The van der Waals surface area contributed by atoms with Gasteiger partial charge in [-0.1, -0.05) is 12.8 Å². The highest BCUT2D eigenvalue weighted by Crippen LogP contribution is 2.47. The summed E-state index contributed by atoms with van der Waals surface area (Å²) in [6, 6.07) is 0. The van der Waals surface area contributed by atoms with Crippen molar-refractivity contribution >= 4 is 0 Å². The minimum Gasteiger partial charge on any atom is -0.381 e. The van der Waals surface area contributed by atoms with Crippen molar-refractivity contribution in [1.29, 1.82) is 0 Å². The lowest BCUT2D eigenvalue weighted by Crippen LogP contribution is -2.42. The van der Waals surface area contributed by atoms with Gasteiger partial charge in [0.25, 0.3) is 0 Å². The molecule has 0 bridgehead atoms. The summed E-state index contributed by atoms with van der Waals surface area (Å²) in [4.78, 5) is 0. The van der Waals surface area contributed by atoms with Crippen LogP contribution >= 0.6 is 0 Å². The summed E-state index contributed by atoms with van der Waals surface area (Å²) in [5.74, 6) is 0.908. The second-order valence-corrected chi connectivity index (χ2v) is 4.98. The maximum atomic E-state index is 5.50. The van der Waals surface area contributed by atoms with Gasteiger partial charge in [-0.15, -0.1) is 0 Å². The summed E-state index contributed by atoms with van der Waals surface area (Å²) in [5, 5.41) is 3.37. The van der Waals surface area contributed by atoms with Crippen LogP contribution in [0.1, 0.15) is 38.5 Å². The van der Waals surface area contributed by atoms with E-state index in [0.717, 1.165) is 19.1 Å². The predicted molar refractivity (Wildman–Crippen MR) is 58.4 cm³/mol. The van der Waals surface area contributed by atoms with E-state index < -0.39 is 0 Å². The van der Waals surface area contributed by atoms with Crippen LogP contribution in [0.25, 0.3) is 0 Å². The van der Waals surface area contributed by atoms with Crippen LogP contribution in [0.5, 0.6) is 0 Å². The average molecular weight is 197 g/mol. The van der Waals surface area contributed by atoms with Gasteiger partial charge in [0.05, 0.1) is 0 Å². The van der Waals surface area contributed by atoms with E-state index in [1.165, 1.54) is 45.1 Å². The van der Waals surface area contributed by atoms with Crippen molar-refractivity contribution in [3.63, 3.8) is 0 Å². The third-order valence-corrected chi connectivity index (χ3v) is 4.28. The number of ether oxygens (including phenoxy) is 1. The smallest absolute Gasteiger partial charge is 0.0471 e. The fourth-order valence-electron chi connectivity index (χ4n) is 3.38. The molecule has 0 radical (unpaired) electrons. The second kappa shape index (κ2) is 4.63. The van der Waals surface area contributed by atoms with E-state index in [1.807, 2.05) is 0 Å². The van der Waals surface area contributed by atoms with E-state index in [4.69, 9.17) is 4.74 Å². The molecule has 2 nitrogen and oxygen atoms in total. The van der Waals surface area contributed by atoms with Gasteiger partial charge in [0.15, 0.2) is 0 Å². The van der Waals surface area contributed by atoms with Gasteiger partial charge >= 0.3 is 0 Å². The zero-order chi connectivity index (χ0) is 9.86. The molecule has 1 saturated heterocycles. The van der Waals surface area contributed by atoms with Crippen LogP contribution in [0.15, 0.2) is 0 Å². The minimum atomic E-state index is 0.638. The van der Waals surface area contributed by atoms with E-state index in [0.29, 0.717) is 5.41 Å². The molecule has 82 valence electrons. The molecule has 1 aliphatic carbocycles. The van der Waals surface area contributed by atoms with Gasteiger partial charge in [0.2, 0.25) is 0 Å². The van der Waals surface area contributed by atoms with Crippen LogP contribution in [0.2, 0.25) is 0 Å². The van der Waals surface area contributed by atoms with E-state index in [-0.39, 0.29) is 0 Å². The Hall–Kier alpha value is -0.0800. The Morgan fingerprint density at radius 3 is 2.71 bits per heavy atom. The molecule has 0 amide bonds. The first-order valence-corrected chi connectivity index (χ1v) is 6.10. The van der Waals surface area contributed by atoms with Gasteiger partial charge in [0.1, 0.15) is 0 Å². The average Bonchev–Trinajstić information content (AvgIpc) is 2.23. The van der Waals surface area contributed by atoms with Crippen LogP contribution in [-0.4, -0.2) is 26.8 Å². The first kappa shape index (κ1) is 10.4. The van der Waals surface area contributed by atoms with Crippen molar-refractivity contribution in [1.82, 2.24) is 5.32 Å². The number of rotatable bonds is 2. The molecule has 14 heavy (non-hydrogen) atoms.